The third-order valence-electron chi connectivity index (χ3n) is 2.23. The maximum Gasteiger partial charge on any atom is 0.250 e. The van der Waals surface area contributed by atoms with Crippen molar-refractivity contribution in [1.82, 2.24) is 4.98 Å². The molecular formula is C11H11N3O. The number of aromatic nitrogens is 1. The van der Waals surface area contributed by atoms with Crippen molar-refractivity contribution < 1.29 is 4.79 Å². The van der Waals surface area contributed by atoms with Crippen molar-refractivity contribution in [2.24, 2.45) is 5.73 Å². The van der Waals surface area contributed by atoms with Gasteiger partial charge in [0.05, 0.1) is 5.56 Å². The number of carbonyl (C=O) groups is 1. The summed E-state index contributed by atoms with van der Waals surface area (Å²) in [5.74, 6) is -0.442. The molecule has 76 valence electrons. The van der Waals surface area contributed by atoms with E-state index in [1.54, 1.807) is 24.5 Å². The van der Waals surface area contributed by atoms with Crippen molar-refractivity contribution >= 4 is 11.6 Å². The van der Waals surface area contributed by atoms with Gasteiger partial charge in [-0.25, -0.2) is 0 Å². The van der Waals surface area contributed by atoms with Crippen molar-refractivity contribution in [1.29, 1.82) is 0 Å². The van der Waals surface area contributed by atoms with Gasteiger partial charge in [0.15, 0.2) is 0 Å². The van der Waals surface area contributed by atoms with E-state index >= 15 is 0 Å². The van der Waals surface area contributed by atoms with Crippen LogP contribution in [0.25, 0.3) is 11.1 Å². The normalized spacial score (nSPS) is 10.1. The number of nitrogens with two attached hydrogens (primary N) is 2. The molecule has 0 fully saturated rings. The lowest BCUT2D eigenvalue weighted by atomic mass is 10.0. The number of carbonyl (C=O) groups excluding carboxylic acids is 1. The predicted molar refractivity (Wildman–Crippen MR) is 59.2 cm³/mol. The minimum Gasteiger partial charge on any atom is -0.399 e. The lowest BCUT2D eigenvalue weighted by Crippen LogP contribution is -2.10. The molecule has 15 heavy (non-hydrogen) atoms. The molecule has 1 aromatic heterocycles. The average molecular weight is 201 g/mol. The number of amides is 1. The molecule has 0 aliphatic carbocycles. The highest BCUT2D eigenvalue weighted by molar-refractivity contribution is 5.99. The fourth-order valence-corrected chi connectivity index (χ4v) is 1.47. The van der Waals surface area contributed by atoms with E-state index in [4.69, 9.17) is 11.5 Å². The Labute approximate surface area is 86.9 Å². The number of anilines is 1. The first-order chi connectivity index (χ1) is 7.18. The second-order valence-electron chi connectivity index (χ2n) is 3.27. The molecule has 0 saturated heterocycles. The van der Waals surface area contributed by atoms with Crippen LogP contribution in [0.15, 0.2) is 36.7 Å². The first kappa shape index (κ1) is 9.33. The predicted octanol–water partition coefficient (Wildman–Crippen LogP) is 1.36. The largest absolute Gasteiger partial charge is 0.399 e. The van der Waals surface area contributed by atoms with Crippen LogP contribution in [0.5, 0.6) is 0 Å². The van der Waals surface area contributed by atoms with E-state index < -0.39 is 5.91 Å². The molecule has 4 heteroatoms. The summed E-state index contributed by atoms with van der Waals surface area (Å²) < 4.78 is 0. The van der Waals surface area contributed by atoms with Gasteiger partial charge in [-0.15, -0.1) is 0 Å². The third-order valence-corrected chi connectivity index (χ3v) is 2.23. The molecule has 5 N–H and O–H groups in total. The van der Waals surface area contributed by atoms with E-state index in [-0.39, 0.29) is 0 Å². The summed E-state index contributed by atoms with van der Waals surface area (Å²) in [5, 5.41) is 0. The Bertz CT molecular complexity index is 485. The number of rotatable bonds is 2. The molecule has 0 atom stereocenters. The SMILES string of the molecule is NC(=O)c1c[nH]cc1-c1ccc(N)cc1. The van der Waals surface area contributed by atoms with Gasteiger partial charge in [-0.2, -0.15) is 0 Å². The van der Waals surface area contributed by atoms with Crippen molar-refractivity contribution in [2.75, 3.05) is 5.73 Å². The van der Waals surface area contributed by atoms with Crippen LogP contribution in [0.2, 0.25) is 0 Å². The molecule has 1 aromatic carbocycles. The molecule has 4 nitrogen and oxygen atoms in total. The van der Waals surface area contributed by atoms with Crippen LogP contribution in [0.1, 0.15) is 10.4 Å². The average Bonchev–Trinajstić information content (AvgIpc) is 2.67. The van der Waals surface area contributed by atoms with Crippen LogP contribution >= 0.6 is 0 Å². The maximum absolute atomic E-state index is 11.1. The Kier molecular flexibility index (Phi) is 2.17. The number of primary amides is 1. The van der Waals surface area contributed by atoms with E-state index in [0.717, 1.165) is 11.1 Å². The summed E-state index contributed by atoms with van der Waals surface area (Å²) in [5.41, 5.74) is 13.7. The summed E-state index contributed by atoms with van der Waals surface area (Å²) in [7, 11) is 0. The standard InChI is InChI=1S/C11H11N3O/c12-8-3-1-7(2-4-8)9-5-14-6-10(9)11(13)15/h1-6,14H,12H2,(H2,13,15). The topological polar surface area (TPSA) is 84.9 Å². The fraction of sp³-hybridized carbons (Fsp3) is 0. The van der Waals surface area contributed by atoms with Crippen molar-refractivity contribution in [3.8, 4) is 11.1 Å². The Hall–Kier alpha value is -2.23. The lowest BCUT2D eigenvalue weighted by Gasteiger charge is -2.01. The van der Waals surface area contributed by atoms with Crippen LogP contribution in [0.4, 0.5) is 5.69 Å². The number of aromatic amines is 1. The van der Waals surface area contributed by atoms with Gasteiger partial charge in [-0.1, -0.05) is 12.1 Å². The summed E-state index contributed by atoms with van der Waals surface area (Å²) in [4.78, 5) is 14.0. The monoisotopic (exact) mass is 201 g/mol. The van der Waals surface area contributed by atoms with Crippen molar-refractivity contribution in [3.63, 3.8) is 0 Å². The second-order valence-corrected chi connectivity index (χ2v) is 3.27. The van der Waals surface area contributed by atoms with Gasteiger partial charge in [0.25, 0.3) is 5.91 Å². The van der Waals surface area contributed by atoms with Crippen LogP contribution in [0.3, 0.4) is 0 Å². The first-order valence-corrected chi connectivity index (χ1v) is 4.51. The maximum atomic E-state index is 11.1. The number of nitrogen functional groups attached to an aromatic ring is 1. The Morgan fingerprint density at radius 1 is 1.13 bits per heavy atom. The smallest absolute Gasteiger partial charge is 0.250 e. The molecular weight excluding hydrogens is 190 g/mol. The van der Waals surface area contributed by atoms with Gasteiger partial charge < -0.3 is 16.5 Å². The Morgan fingerprint density at radius 2 is 1.80 bits per heavy atom. The zero-order valence-corrected chi connectivity index (χ0v) is 8.03. The van der Waals surface area contributed by atoms with Crippen LogP contribution < -0.4 is 11.5 Å². The fourth-order valence-electron chi connectivity index (χ4n) is 1.47. The Morgan fingerprint density at radius 3 is 2.40 bits per heavy atom. The molecule has 0 aliphatic heterocycles. The molecule has 0 spiro atoms. The summed E-state index contributed by atoms with van der Waals surface area (Å²) in [6.45, 7) is 0. The van der Waals surface area contributed by atoms with Gasteiger partial charge in [0, 0.05) is 23.6 Å². The van der Waals surface area contributed by atoms with Gasteiger partial charge in [-0.3, -0.25) is 4.79 Å². The van der Waals surface area contributed by atoms with Crippen molar-refractivity contribution in [2.45, 2.75) is 0 Å². The molecule has 0 unspecified atom stereocenters. The summed E-state index contributed by atoms with van der Waals surface area (Å²) in [6.07, 6.45) is 3.33. The molecule has 0 bridgehead atoms. The Balaban J connectivity index is 2.49. The number of hydrogen-bond acceptors (Lipinski definition) is 2. The van der Waals surface area contributed by atoms with E-state index in [0.29, 0.717) is 11.3 Å². The minimum atomic E-state index is -0.442. The zero-order chi connectivity index (χ0) is 10.8. The van der Waals surface area contributed by atoms with Gasteiger partial charge in [-0.05, 0) is 17.7 Å². The van der Waals surface area contributed by atoms with E-state index in [1.807, 2.05) is 12.1 Å². The zero-order valence-electron chi connectivity index (χ0n) is 8.03. The number of hydrogen-bond donors (Lipinski definition) is 3. The highest BCUT2D eigenvalue weighted by Gasteiger charge is 2.10. The van der Waals surface area contributed by atoms with E-state index in [9.17, 15) is 4.79 Å². The summed E-state index contributed by atoms with van der Waals surface area (Å²) in [6, 6.07) is 7.27. The number of nitrogens with one attached hydrogen (secondary N) is 1. The quantitative estimate of drug-likeness (QED) is 0.641. The third kappa shape index (κ3) is 1.69. The van der Waals surface area contributed by atoms with Crippen molar-refractivity contribution in [3.05, 3.63) is 42.2 Å². The molecule has 2 aromatic rings. The molecule has 1 heterocycles. The second kappa shape index (κ2) is 3.49. The molecule has 0 aliphatic rings. The molecule has 2 rings (SSSR count). The molecule has 1 amide bonds. The van der Waals surface area contributed by atoms with Gasteiger partial charge in [0.2, 0.25) is 0 Å². The van der Waals surface area contributed by atoms with E-state index in [1.165, 1.54) is 0 Å². The minimum absolute atomic E-state index is 0.442. The summed E-state index contributed by atoms with van der Waals surface area (Å²) >= 11 is 0. The van der Waals surface area contributed by atoms with Crippen LogP contribution in [-0.2, 0) is 0 Å². The lowest BCUT2D eigenvalue weighted by molar-refractivity contribution is 0.100. The van der Waals surface area contributed by atoms with Crippen LogP contribution in [0, 0.1) is 0 Å². The molecule has 0 saturated carbocycles. The number of benzene rings is 1. The van der Waals surface area contributed by atoms with Gasteiger partial charge >= 0.3 is 0 Å². The van der Waals surface area contributed by atoms with Gasteiger partial charge in [0.1, 0.15) is 0 Å². The highest BCUT2D eigenvalue weighted by atomic mass is 16.1. The first-order valence-electron chi connectivity index (χ1n) is 4.51. The molecule has 0 radical (unpaired) electrons. The van der Waals surface area contributed by atoms with Crippen LogP contribution in [-0.4, -0.2) is 10.9 Å². The highest BCUT2D eigenvalue weighted by Crippen LogP contribution is 2.23. The van der Waals surface area contributed by atoms with E-state index in [2.05, 4.69) is 4.98 Å². The number of H-pyrrole nitrogens is 1.